The third-order valence-corrected chi connectivity index (χ3v) is 10.4. The number of rotatable bonds is 11. The van der Waals surface area contributed by atoms with Crippen molar-refractivity contribution in [1.29, 1.82) is 5.26 Å². The molecule has 0 bridgehead atoms. The van der Waals surface area contributed by atoms with Gasteiger partial charge in [-0.25, -0.2) is 17.7 Å². The van der Waals surface area contributed by atoms with Crippen LogP contribution in [0.15, 0.2) is 82.4 Å². The van der Waals surface area contributed by atoms with Gasteiger partial charge in [0.1, 0.15) is 17.8 Å². The summed E-state index contributed by atoms with van der Waals surface area (Å²) in [4.78, 5) is 21.7. The minimum absolute atomic E-state index is 0.0808. The first kappa shape index (κ1) is 31.3. The number of oxazole rings is 1. The van der Waals surface area contributed by atoms with Crippen LogP contribution < -0.4 is 19.1 Å². The first-order valence-corrected chi connectivity index (χ1v) is 16.6. The van der Waals surface area contributed by atoms with E-state index in [1.165, 1.54) is 56.9 Å². The summed E-state index contributed by atoms with van der Waals surface area (Å²) >= 11 is 0. The van der Waals surface area contributed by atoms with Gasteiger partial charge in [0.15, 0.2) is 5.54 Å². The Kier molecular flexibility index (Phi) is 8.57. The summed E-state index contributed by atoms with van der Waals surface area (Å²) in [5, 5.41) is 13.4. The molecule has 2 aliphatic heterocycles. The molecular weight excluding hydrogens is 606 g/mol. The van der Waals surface area contributed by atoms with Gasteiger partial charge >= 0.3 is 0 Å². The van der Waals surface area contributed by atoms with Gasteiger partial charge in [0, 0.05) is 24.2 Å². The molecule has 1 N–H and O–H groups in total. The number of nitriles is 1. The first-order valence-electron chi connectivity index (χ1n) is 15.1. The highest BCUT2D eigenvalue weighted by Crippen LogP contribution is 2.56. The van der Waals surface area contributed by atoms with Gasteiger partial charge in [0.05, 0.1) is 48.7 Å². The number of nitrogens with zero attached hydrogens (tertiary/aromatic N) is 4. The molecule has 238 valence electrons. The Morgan fingerprint density at radius 3 is 2.57 bits per heavy atom. The monoisotopic (exact) mass is 641 g/mol. The van der Waals surface area contributed by atoms with E-state index in [4.69, 9.17) is 13.9 Å². The quantitative estimate of drug-likeness (QED) is 0.226. The van der Waals surface area contributed by atoms with E-state index in [1.807, 2.05) is 23.1 Å². The fourth-order valence-electron chi connectivity index (χ4n) is 6.61. The number of carbonyl (C=O) groups is 1. The fraction of sp³-hybridized carbons (Fsp3) is 0.324. The van der Waals surface area contributed by atoms with Gasteiger partial charge in [-0.3, -0.25) is 9.69 Å². The van der Waals surface area contributed by atoms with E-state index in [0.29, 0.717) is 54.4 Å². The average molecular weight is 642 g/mol. The van der Waals surface area contributed by atoms with Crippen LogP contribution in [-0.4, -0.2) is 51.5 Å². The van der Waals surface area contributed by atoms with Crippen LogP contribution in [0, 0.1) is 11.3 Å². The van der Waals surface area contributed by atoms with Crippen LogP contribution in [0.1, 0.15) is 60.4 Å². The van der Waals surface area contributed by atoms with E-state index < -0.39 is 27.5 Å². The number of carbonyl (C=O) groups excluding carboxylic acids is 1. The summed E-state index contributed by atoms with van der Waals surface area (Å²) in [7, 11) is -1.42. The Morgan fingerprint density at radius 1 is 1.09 bits per heavy atom. The smallest absolute Gasteiger partial charge is 0.271 e. The lowest BCUT2D eigenvalue weighted by atomic mass is 9.80. The number of benzene rings is 3. The molecule has 0 aliphatic carbocycles. The second kappa shape index (κ2) is 12.6. The molecular formula is C34H35N5O6S. The fourth-order valence-corrected chi connectivity index (χ4v) is 8.07. The van der Waals surface area contributed by atoms with Crippen LogP contribution in [-0.2, 0) is 26.9 Å². The molecule has 6 rings (SSSR count). The number of sulfonamides is 1. The van der Waals surface area contributed by atoms with Crippen molar-refractivity contribution in [2.75, 3.05) is 31.6 Å². The third kappa shape index (κ3) is 5.01. The largest absolute Gasteiger partial charge is 0.497 e. The number of likely N-dealkylation sites (tertiary alicyclic amines) is 1. The number of aromatic nitrogens is 1. The summed E-state index contributed by atoms with van der Waals surface area (Å²) in [6.07, 6.45) is 5.32. The standard InChI is InChI=1S/C34H35N5O6S/c1-4-15-36-22-24-7-13-27(31(20-24)44-3)34(38-17-5-6-30(38)32-37-16-18-45-32)28-19-23(21-35)8-14-29(28)39(33(34)40)46(41,42)26-11-9-25(43-2)10-12-26/h7-14,16,18-20,30,36H,4-6,15,17,22H2,1-3H3. The van der Waals surface area contributed by atoms with Crippen LogP contribution in [0.5, 0.6) is 11.5 Å². The van der Waals surface area contributed by atoms with Crippen molar-refractivity contribution in [3.05, 3.63) is 101 Å². The van der Waals surface area contributed by atoms with E-state index >= 15 is 4.79 Å². The van der Waals surface area contributed by atoms with Gasteiger partial charge < -0.3 is 19.2 Å². The van der Waals surface area contributed by atoms with E-state index in [2.05, 4.69) is 23.3 Å². The summed E-state index contributed by atoms with van der Waals surface area (Å²) in [6.45, 7) is 3.93. The summed E-state index contributed by atoms with van der Waals surface area (Å²) in [6, 6.07) is 17.9. The van der Waals surface area contributed by atoms with Gasteiger partial charge in [-0.15, -0.1) is 0 Å². The molecule has 2 aliphatic rings. The van der Waals surface area contributed by atoms with Gasteiger partial charge in [-0.05, 0) is 79.9 Å². The van der Waals surface area contributed by atoms with Crippen LogP contribution in [0.4, 0.5) is 5.69 Å². The highest BCUT2D eigenvalue weighted by Gasteiger charge is 2.62. The van der Waals surface area contributed by atoms with Crippen LogP contribution in [0.25, 0.3) is 0 Å². The zero-order valence-electron chi connectivity index (χ0n) is 25.9. The lowest BCUT2D eigenvalue weighted by Gasteiger charge is -2.41. The summed E-state index contributed by atoms with van der Waals surface area (Å²) in [5.41, 5.74) is 0.496. The number of hydrogen-bond acceptors (Lipinski definition) is 10. The number of ether oxygens (including phenoxy) is 2. The number of nitrogens with one attached hydrogen (secondary N) is 1. The SMILES string of the molecule is CCCNCc1ccc(C2(N3CCCC3c3ncco3)C(=O)N(S(=O)(=O)c3ccc(OC)cc3)c3ccc(C#N)cc32)c(OC)c1. The van der Waals surface area contributed by atoms with Gasteiger partial charge in [-0.2, -0.15) is 5.26 Å². The molecule has 3 heterocycles. The molecule has 0 radical (unpaired) electrons. The van der Waals surface area contributed by atoms with Crippen molar-refractivity contribution in [1.82, 2.24) is 15.2 Å². The number of amides is 1. The van der Waals surface area contributed by atoms with Crippen LogP contribution in [0.3, 0.4) is 0 Å². The average Bonchev–Trinajstić information content (AvgIpc) is 3.83. The molecule has 12 heteroatoms. The Hall–Kier alpha value is -4.70. The Bertz CT molecular complexity index is 1890. The van der Waals surface area contributed by atoms with Gasteiger partial charge in [0.2, 0.25) is 5.89 Å². The summed E-state index contributed by atoms with van der Waals surface area (Å²) < 4.78 is 46.8. The minimum atomic E-state index is -4.44. The van der Waals surface area contributed by atoms with Crippen LogP contribution in [0.2, 0.25) is 0 Å². The van der Waals surface area contributed by atoms with E-state index in [9.17, 15) is 13.7 Å². The predicted molar refractivity (Wildman–Crippen MR) is 170 cm³/mol. The number of anilines is 1. The molecule has 2 atom stereocenters. The molecule has 0 spiro atoms. The lowest BCUT2D eigenvalue weighted by Crippen LogP contribution is -2.54. The highest BCUT2D eigenvalue weighted by molar-refractivity contribution is 7.93. The zero-order chi connectivity index (χ0) is 32.5. The molecule has 1 aromatic heterocycles. The lowest BCUT2D eigenvalue weighted by molar-refractivity contribution is -0.127. The number of hydrogen-bond donors (Lipinski definition) is 1. The minimum Gasteiger partial charge on any atom is -0.497 e. The van der Waals surface area contributed by atoms with E-state index in [-0.39, 0.29) is 16.1 Å². The molecule has 3 aromatic carbocycles. The Morgan fingerprint density at radius 2 is 1.89 bits per heavy atom. The maximum atomic E-state index is 15.4. The number of fused-ring (bicyclic) bond motifs is 1. The van der Waals surface area contributed by atoms with Crippen molar-refractivity contribution >= 4 is 21.6 Å². The van der Waals surface area contributed by atoms with Crippen molar-refractivity contribution in [2.24, 2.45) is 0 Å². The summed E-state index contributed by atoms with van der Waals surface area (Å²) in [5.74, 6) is 0.601. The molecule has 46 heavy (non-hydrogen) atoms. The Balaban J connectivity index is 1.63. The van der Waals surface area contributed by atoms with E-state index in [1.54, 1.807) is 12.3 Å². The normalized spacial score (nSPS) is 19.7. The Labute approximate surface area is 268 Å². The first-order chi connectivity index (χ1) is 22.3. The second-order valence-corrected chi connectivity index (χ2v) is 13.0. The number of methoxy groups -OCH3 is 2. The second-order valence-electron chi connectivity index (χ2n) is 11.2. The molecule has 0 saturated carbocycles. The maximum absolute atomic E-state index is 15.4. The molecule has 2 unspecified atom stereocenters. The van der Waals surface area contributed by atoms with Crippen molar-refractivity contribution in [2.45, 2.75) is 49.2 Å². The van der Waals surface area contributed by atoms with Crippen LogP contribution >= 0.6 is 0 Å². The molecule has 1 fully saturated rings. The molecule has 11 nitrogen and oxygen atoms in total. The maximum Gasteiger partial charge on any atom is 0.271 e. The molecule has 1 saturated heterocycles. The topological polar surface area (TPSA) is 138 Å². The van der Waals surface area contributed by atoms with Gasteiger partial charge in [0.25, 0.3) is 15.9 Å². The van der Waals surface area contributed by atoms with Crippen molar-refractivity contribution < 1.29 is 27.1 Å². The highest BCUT2D eigenvalue weighted by atomic mass is 32.2. The third-order valence-electron chi connectivity index (χ3n) is 8.66. The van der Waals surface area contributed by atoms with Crippen molar-refractivity contribution in [3.8, 4) is 17.6 Å². The zero-order valence-corrected chi connectivity index (χ0v) is 26.7. The predicted octanol–water partition coefficient (Wildman–Crippen LogP) is 4.88. The van der Waals surface area contributed by atoms with Crippen molar-refractivity contribution in [3.63, 3.8) is 0 Å². The van der Waals surface area contributed by atoms with E-state index in [0.717, 1.165) is 22.8 Å². The molecule has 1 amide bonds. The van der Waals surface area contributed by atoms with Gasteiger partial charge in [-0.1, -0.05) is 19.1 Å². The molecule has 4 aromatic rings.